The highest BCUT2D eigenvalue weighted by molar-refractivity contribution is 14.0. The summed E-state index contributed by atoms with van der Waals surface area (Å²) in [6.07, 6.45) is 2.07. The molecule has 1 saturated carbocycles. The van der Waals surface area contributed by atoms with Gasteiger partial charge in [-0.1, -0.05) is 24.3 Å². The summed E-state index contributed by atoms with van der Waals surface area (Å²) in [5, 5.41) is 6.66. The van der Waals surface area contributed by atoms with Gasteiger partial charge < -0.3 is 20.3 Å². The molecule has 0 spiro atoms. The zero-order chi connectivity index (χ0) is 21.6. The van der Waals surface area contributed by atoms with Crippen molar-refractivity contribution in [2.24, 2.45) is 4.99 Å². The maximum absolute atomic E-state index is 13.6. The number of amides is 1. The van der Waals surface area contributed by atoms with E-state index in [9.17, 15) is 9.18 Å². The van der Waals surface area contributed by atoms with Crippen molar-refractivity contribution in [3.8, 4) is 5.75 Å². The van der Waals surface area contributed by atoms with E-state index in [1.807, 2.05) is 30.3 Å². The third kappa shape index (κ3) is 7.09. The van der Waals surface area contributed by atoms with E-state index in [1.165, 1.54) is 11.0 Å². The quantitative estimate of drug-likeness (QED) is 0.307. The molecule has 1 aliphatic carbocycles. The van der Waals surface area contributed by atoms with Crippen LogP contribution in [-0.2, 0) is 16.8 Å². The van der Waals surface area contributed by atoms with E-state index in [-0.39, 0.29) is 47.7 Å². The van der Waals surface area contributed by atoms with Crippen LogP contribution in [0.2, 0.25) is 0 Å². The number of carbonyl (C=O) groups excluding carboxylic acids is 1. The van der Waals surface area contributed by atoms with E-state index in [2.05, 4.69) is 15.6 Å². The van der Waals surface area contributed by atoms with E-state index in [4.69, 9.17) is 4.74 Å². The molecule has 1 amide bonds. The van der Waals surface area contributed by atoms with Gasteiger partial charge in [0.1, 0.15) is 11.6 Å². The van der Waals surface area contributed by atoms with Crippen molar-refractivity contribution >= 4 is 35.8 Å². The lowest BCUT2D eigenvalue weighted by molar-refractivity contribution is -0.130. The number of nitrogens with one attached hydrogen (secondary N) is 2. The summed E-state index contributed by atoms with van der Waals surface area (Å²) in [5.74, 6) is 1.05. The van der Waals surface area contributed by atoms with Gasteiger partial charge in [-0.05, 0) is 48.2 Å². The molecule has 2 N–H and O–H groups in total. The second kappa shape index (κ2) is 11.3. The molecule has 0 atom stereocenters. The number of likely N-dealkylation sites (N-methyl/N-ethyl adjacent to an activating group) is 1. The average Bonchev–Trinajstić information content (AvgIpc) is 3.53. The molecule has 0 aromatic heterocycles. The first kappa shape index (κ1) is 24.9. The summed E-state index contributed by atoms with van der Waals surface area (Å²) in [5.41, 5.74) is 2.02. The lowest BCUT2D eigenvalue weighted by atomic mass is 9.96. The third-order valence-electron chi connectivity index (χ3n) is 5.33. The Morgan fingerprint density at radius 2 is 1.90 bits per heavy atom. The third-order valence-corrected chi connectivity index (χ3v) is 5.33. The highest BCUT2D eigenvalue weighted by Gasteiger charge is 2.44. The Morgan fingerprint density at radius 3 is 2.55 bits per heavy atom. The molecule has 0 bridgehead atoms. The lowest BCUT2D eigenvalue weighted by Crippen LogP contribution is -2.40. The Kier molecular flexibility index (Phi) is 9.09. The Morgan fingerprint density at radius 1 is 1.16 bits per heavy atom. The predicted octanol–water partition coefficient (Wildman–Crippen LogP) is 3.31. The smallest absolute Gasteiger partial charge is 0.259 e. The number of halogens is 2. The summed E-state index contributed by atoms with van der Waals surface area (Å²) in [4.78, 5) is 17.5. The summed E-state index contributed by atoms with van der Waals surface area (Å²) >= 11 is 0. The van der Waals surface area contributed by atoms with E-state index < -0.39 is 0 Å². The van der Waals surface area contributed by atoms with Crippen LogP contribution in [0, 0.1) is 5.82 Å². The van der Waals surface area contributed by atoms with Gasteiger partial charge in [0.15, 0.2) is 12.6 Å². The van der Waals surface area contributed by atoms with E-state index in [1.54, 1.807) is 33.3 Å². The first-order valence-electron chi connectivity index (χ1n) is 10.0. The second-order valence-corrected chi connectivity index (χ2v) is 7.79. The van der Waals surface area contributed by atoms with Gasteiger partial charge in [0.25, 0.3) is 5.91 Å². The molecule has 2 aromatic carbocycles. The van der Waals surface area contributed by atoms with Crippen molar-refractivity contribution in [1.82, 2.24) is 15.5 Å². The van der Waals surface area contributed by atoms with Crippen molar-refractivity contribution in [3.63, 3.8) is 0 Å². The molecule has 8 heteroatoms. The number of hydrogen-bond donors (Lipinski definition) is 2. The monoisotopic (exact) mass is 540 g/mol. The van der Waals surface area contributed by atoms with Crippen LogP contribution in [0.4, 0.5) is 4.39 Å². The van der Waals surface area contributed by atoms with Gasteiger partial charge in [-0.15, -0.1) is 24.0 Å². The van der Waals surface area contributed by atoms with Crippen molar-refractivity contribution in [1.29, 1.82) is 0 Å². The molecule has 0 radical (unpaired) electrons. The van der Waals surface area contributed by atoms with E-state index in [0.717, 1.165) is 24.0 Å². The van der Waals surface area contributed by atoms with Gasteiger partial charge in [-0.3, -0.25) is 9.79 Å². The normalized spacial score (nSPS) is 14.3. The zero-order valence-corrected chi connectivity index (χ0v) is 20.5. The number of guanidine groups is 1. The van der Waals surface area contributed by atoms with Crippen LogP contribution in [0.25, 0.3) is 0 Å². The van der Waals surface area contributed by atoms with Gasteiger partial charge >= 0.3 is 0 Å². The molecular formula is C23H30FIN4O2. The molecular weight excluding hydrogens is 510 g/mol. The number of aliphatic imine (C=N–C) groups is 1. The largest absolute Gasteiger partial charge is 0.484 e. The maximum atomic E-state index is 13.6. The van der Waals surface area contributed by atoms with Crippen molar-refractivity contribution in [3.05, 3.63) is 65.5 Å². The van der Waals surface area contributed by atoms with Crippen molar-refractivity contribution in [2.45, 2.75) is 24.8 Å². The number of nitrogens with zero attached hydrogens (tertiary/aromatic N) is 2. The van der Waals surface area contributed by atoms with Crippen LogP contribution in [0.1, 0.15) is 24.0 Å². The Labute approximate surface area is 200 Å². The number of benzene rings is 2. The molecule has 168 valence electrons. The molecule has 0 saturated heterocycles. The molecule has 0 heterocycles. The van der Waals surface area contributed by atoms with Gasteiger partial charge in [0.05, 0.1) is 0 Å². The summed E-state index contributed by atoms with van der Waals surface area (Å²) in [6.45, 7) is 1.27. The minimum atomic E-state index is -0.198. The minimum absolute atomic E-state index is 0. The molecule has 0 unspecified atom stereocenters. The Hall–Kier alpha value is -2.36. The highest BCUT2D eigenvalue weighted by atomic mass is 127. The number of carbonyl (C=O) groups is 1. The van der Waals surface area contributed by atoms with Gasteiger partial charge in [0.2, 0.25) is 0 Å². The summed E-state index contributed by atoms with van der Waals surface area (Å²) < 4.78 is 19.1. The first-order chi connectivity index (χ1) is 14.4. The van der Waals surface area contributed by atoms with Crippen LogP contribution in [0.5, 0.6) is 5.75 Å². The molecule has 1 fully saturated rings. The second-order valence-electron chi connectivity index (χ2n) is 7.79. The van der Waals surface area contributed by atoms with Crippen LogP contribution in [-0.4, -0.2) is 51.1 Å². The molecule has 0 aliphatic heterocycles. The van der Waals surface area contributed by atoms with Gasteiger partial charge in [-0.2, -0.15) is 0 Å². The minimum Gasteiger partial charge on any atom is -0.484 e. The molecule has 3 rings (SSSR count). The van der Waals surface area contributed by atoms with Crippen LogP contribution >= 0.6 is 24.0 Å². The van der Waals surface area contributed by atoms with E-state index >= 15 is 0 Å². The average molecular weight is 540 g/mol. The van der Waals surface area contributed by atoms with E-state index in [0.29, 0.717) is 24.8 Å². The van der Waals surface area contributed by atoms with Crippen molar-refractivity contribution < 1.29 is 13.9 Å². The van der Waals surface area contributed by atoms with Gasteiger partial charge in [0, 0.05) is 39.6 Å². The number of hydrogen-bond acceptors (Lipinski definition) is 3. The number of rotatable bonds is 8. The fourth-order valence-electron chi connectivity index (χ4n) is 3.22. The van der Waals surface area contributed by atoms with Gasteiger partial charge in [-0.25, -0.2) is 4.39 Å². The molecule has 1 aliphatic rings. The fraction of sp³-hybridized carbons (Fsp3) is 0.391. The number of ether oxygens (including phenoxy) is 1. The summed E-state index contributed by atoms with van der Waals surface area (Å²) in [7, 11) is 5.12. The standard InChI is InChI=1S/C23H29FN4O2.HI/c1-25-22(27-16-23(10-11-23)18-7-5-8-19(24)13-18)26-14-17-6-4-9-20(12-17)30-15-21(29)28(2)3;/h4-9,12-13H,10-11,14-16H2,1-3H3,(H2,25,26,27);1H. The Bertz CT molecular complexity index is 916. The maximum Gasteiger partial charge on any atom is 0.259 e. The summed E-state index contributed by atoms with van der Waals surface area (Å²) in [6, 6.07) is 14.5. The SMILES string of the molecule is CN=C(NCc1cccc(OCC(=O)N(C)C)c1)NCC1(c2cccc(F)c2)CC1.I. The van der Waals surface area contributed by atoms with Crippen LogP contribution < -0.4 is 15.4 Å². The fourth-order valence-corrected chi connectivity index (χ4v) is 3.22. The molecule has 6 nitrogen and oxygen atoms in total. The molecule has 2 aromatic rings. The predicted molar refractivity (Wildman–Crippen MR) is 132 cm³/mol. The molecule has 31 heavy (non-hydrogen) atoms. The Balaban J connectivity index is 0.00000341. The van der Waals surface area contributed by atoms with Crippen LogP contribution in [0.15, 0.2) is 53.5 Å². The van der Waals surface area contributed by atoms with Crippen LogP contribution in [0.3, 0.4) is 0 Å². The first-order valence-corrected chi connectivity index (χ1v) is 10.0. The lowest BCUT2D eigenvalue weighted by Gasteiger charge is -2.19. The topological polar surface area (TPSA) is 66.0 Å². The van der Waals surface area contributed by atoms with Crippen molar-refractivity contribution in [2.75, 3.05) is 34.3 Å². The highest BCUT2D eigenvalue weighted by Crippen LogP contribution is 2.47. The zero-order valence-electron chi connectivity index (χ0n) is 18.2.